The quantitative estimate of drug-likeness (QED) is 0.523. The van der Waals surface area contributed by atoms with Gasteiger partial charge in [0.2, 0.25) is 0 Å². The lowest BCUT2D eigenvalue weighted by Gasteiger charge is -2.08. The molecule has 0 saturated heterocycles. The minimum Gasteiger partial charge on any atom is -0.495 e. The average Bonchev–Trinajstić information content (AvgIpc) is 2.46. The molecule has 0 aliphatic heterocycles. The monoisotopic (exact) mass is 282 g/mol. The predicted molar refractivity (Wildman–Crippen MR) is 77.1 cm³/mol. The molecule has 0 saturated carbocycles. The molecule has 20 heavy (non-hydrogen) atoms. The van der Waals surface area contributed by atoms with Gasteiger partial charge in [0, 0.05) is 25.8 Å². The van der Waals surface area contributed by atoms with Gasteiger partial charge in [0.15, 0.2) is 0 Å². The van der Waals surface area contributed by atoms with Crippen LogP contribution >= 0.6 is 0 Å². The van der Waals surface area contributed by atoms with Crippen molar-refractivity contribution in [3.8, 4) is 5.75 Å². The molecule has 3 N–H and O–H groups in total. The summed E-state index contributed by atoms with van der Waals surface area (Å²) in [7, 11) is 3.17. The SMILES string of the molecule is COCCOCCCNC(=O)c1ccc(OC)c(N)c1. The van der Waals surface area contributed by atoms with E-state index in [2.05, 4.69) is 5.32 Å². The predicted octanol–water partition coefficient (Wildman–Crippen LogP) is 1.06. The number of carbonyl (C=O) groups is 1. The number of nitrogens with two attached hydrogens (primary N) is 1. The summed E-state index contributed by atoms with van der Waals surface area (Å²) in [6.45, 7) is 2.29. The second-order valence-corrected chi connectivity index (χ2v) is 4.17. The van der Waals surface area contributed by atoms with E-state index in [9.17, 15) is 4.79 Å². The van der Waals surface area contributed by atoms with Crippen LogP contribution in [0.4, 0.5) is 5.69 Å². The van der Waals surface area contributed by atoms with Crippen LogP contribution in [0.25, 0.3) is 0 Å². The Morgan fingerprint density at radius 2 is 2.05 bits per heavy atom. The Morgan fingerprint density at radius 1 is 1.25 bits per heavy atom. The molecule has 0 spiro atoms. The van der Waals surface area contributed by atoms with Gasteiger partial charge in [-0.15, -0.1) is 0 Å². The molecule has 0 fully saturated rings. The summed E-state index contributed by atoms with van der Waals surface area (Å²) in [4.78, 5) is 11.9. The molecule has 0 aliphatic carbocycles. The van der Waals surface area contributed by atoms with E-state index in [0.29, 0.717) is 43.4 Å². The molecule has 0 aromatic heterocycles. The van der Waals surface area contributed by atoms with E-state index in [1.165, 1.54) is 7.11 Å². The first-order valence-electron chi connectivity index (χ1n) is 6.47. The second-order valence-electron chi connectivity index (χ2n) is 4.17. The molecular weight excluding hydrogens is 260 g/mol. The van der Waals surface area contributed by atoms with Crippen LogP contribution in [0.3, 0.4) is 0 Å². The zero-order valence-corrected chi connectivity index (χ0v) is 12.0. The molecular formula is C14H22N2O4. The number of anilines is 1. The van der Waals surface area contributed by atoms with E-state index < -0.39 is 0 Å². The van der Waals surface area contributed by atoms with Crippen LogP contribution in [0.1, 0.15) is 16.8 Å². The highest BCUT2D eigenvalue weighted by atomic mass is 16.5. The number of methoxy groups -OCH3 is 2. The molecule has 1 amide bonds. The molecule has 6 nitrogen and oxygen atoms in total. The summed E-state index contributed by atoms with van der Waals surface area (Å²) in [5.74, 6) is 0.407. The van der Waals surface area contributed by atoms with E-state index in [1.54, 1.807) is 25.3 Å². The Hall–Kier alpha value is -1.79. The van der Waals surface area contributed by atoms with Crippen molar-refractivity contribution in [2.24, 2.45) is 0 Å². The standard InChI is InChI=1S/C14H22N2O4/c1-18-8-9-20-7-3-6-16-14(17)11-4-5-13(19-2)12(15)10-11/h4-5,10H,3,6-9,15H2,1-2H3,(H,16,17). The van der Waals surface area contributed by atoms with Gasteiger partial charge >= 0.3 is 0 Å². The minimum atomic E-state index is -0.156. The molecule has 0 radical (unpaired) electrons. The average molecular weight is 282 g/mol. The van der Waals surface area contributed by atoms with Crippen LogP contribution < -0.4 is 15.8 Å². The number of carbonyl (C=O) groups excluding carboxylic acids is 1. The zero-order valence-electron chi connectivity index (χ0n) is 12.0. The zero-order chi connectivity index (χ0) is 14.8. The van der Waals surface area contributed by atoms with E-state index in [0.717, 1.165) is 6.42 Å². The highest BCUT2D eigenvalue weighted by Gasteiger charge is 2.07. The normalized spacial score (nSPS) is 10.3. The maximum atomic E-state index is 11.9. The first-order valence-corrected chi connectivity index (χ1v) is 6.47. The molecule has 0 unspecified atom stereocenters. The smallest absolute Gasteiger partial charge is 0.251 e. The molecule has 0 atom stereocenters. The lowest BCUT2D eigenvalue weighted by molar-refractivity contribution is 0.0688. The number of hydrogen-bond acceptors (Lipinski definition) is 5. The van der Waals surface area contributed by atoms with Crippen molar-refractivity contribution in [1.29, 1.82) is 0 Å². The van der Waals surface area contributed by atoms with Gasteiger partial charge in [0.25, 0.3) is 5.91 Å². The van der Waals surface area contributed by atoms with Crippen molar-refractivity contribution in [3.63, 3.8) is 0 Å². The molecule has 0 heterocycles. The summed E-state index contributed by atoms with van der Waals surface area (Å²) < 4.78 is 15.2. The first kappa shape index (κ1) is 16.3. The Bertz CT molecular complexity index is 424. The van der Waals surface area contributed by atoms with Gasteiger partial charge in [-0.2, -0.15) is 0 Å². The number of nitrogens with one attached hydrogen (secondary N) is 1. The number of ether oxygens (including phenoxy) is 3. The third kappa shape index (κ3) is 5.46. The van der Waals surface area contributed by atoms with Gasteiger partial charge in [-0.3, -0.25) is 4.79 Å². The van der Waals surface area contributed by atoms with Gasteiger partial charge in [-0.05, 0) is 24.6 Å². The van der Waals surface area contributed by atoms with Crippen LogP contribution in [-0.4, -0.2) is 46.5 Å². The maximum absolute atomic E-state index is 11.9. The number of hydrogen-bond donors (Lipinski definition) is 2. The Morgan fingerprint density at radius 3 is 2.70 bits per heavy atom. The van der Waals surface area contributed by atoms with E-state index >= 15 is 0 Å². The summed E-state index contributed by atoms with van der Waals surface area (Å²) in [5, 5.41) is 2.81. The number of benzene rings is 1. The number of nitrogen functional groups attached to an aromatic ring is 1. The van der Waals surface area contributed by atoms with Crippen LogP contribution in [0.5, 0.6) is 5.75 Å². The highest BCUT2D eigenvalue weighted by Crippen LogP contribution is 2.21. The molecule has 1 aromatic rings. The summed E-state index contributed by atoms with van der Waals surface area (Å²) in [6, 6.07) is 4.96. The Kier molecular flexibility index (Phi) is 7.46. The van der Waals surface area contributed by atoms with Crippen LogP contribution in [0.2, 0.25) is 0 Å². The topological polar surface area (TPSA) is 82.8 Å². The van der Waals surface area contributed by atoms with Crippen molar-refractivity contribution in [2.75, 3.05) is 46.3 Å². The fraction of sp³-hybridized carbons (Fsp3) is 0.500. The molecule has 1 aromatic carbocycles. The van der Waals surface area contributed by atoms with Crippen molar-refractivity contribution in [3.05, 3.63) is 23.8 Å². The van der Waals surface area contributed by atoms with Gasteiger partial charge in [-0.25, -0.2) is 0 Å². The van der Waals surface area contributed by atoms with E-state index in [-0.39, 0.29) is 5.91 Å². The molecule has 0 bridgehead atoms. The van der Waals surface area contributed by atoms with Crippen molar-refractivity contribution >= 4 is 11.6 Å². The Labute approximate surface area is 119 Å². The van der Waals surface area contributed by atoms with Gasteiger partial charge in [-0.1, -0.05) is 0 Å². The fourth-order valence-electron chi connectivity index (χ4n) is 1.60. The minimum absolute atomic E-state index is 0.156. The number of rotatable bonds is 9. The van der Waals surface area contributed by atoms with Gasteiger partial charge in [0.1, 0.15) is 5.75 Å². The third-order valence-electron chi connectivity index (χ3n) is 2.67. The lowest BCUT2D eigenvalue weighted by Crippen LogP contribution is -2.25. The van der Waals surface area contributed by atoms with E-state index in [4.69, 9.17) is 19.9 Å². The van der Waals surface area contributed by atoms with Gasteiger partial charge < -0.3 is 25.3 Å². The third-order valence-corrected chi connectivity index (χ3v) is 2.67. The summed E-state index contributed by atoms with van der Waals surface area (Å²) in [6.07, 6.45) is 0.751. The molecule has 0 aliphatic rings. The van der Waals surface area contributed by atoms with Crippen molar-refractivity contribution < 1.29 is 19.0 Å². The largest absolute Gasteiger partial charge is 0.495 e. The van der Waals surface area contributed by atoms with Crippen molar-refractivity contribution in [1.82, 2.24) is 5.32 Å². The fourth-order valence-corrected chi connectivity index (χ4v) is 1.60. The summed E-state index contributed by atoms with van der Waals surface area (Å²) in [5.41, 5.74) is 6.72. The molecule has 1 rings (SSSR count). The van der Waals surface area contributed by atoms with Crippen LogP contribution in [0, 0.1) is 0 Å². The second kappa shape index (κ2) is 9.17. The first-order chi connectivity index (χ1) is 9.69. The molecule has 6 heteroatoms. The van der Waals surface area contributed by atoms with Crippen LogP contribution in [-0.2, 0) is 9.47 Å². The molecule has 112 valence electrons. The highest BCUT2D eigenvalue weighted by molar-refractivity contribution is 5.95. The summed E-state index contributed by atoms with van der Waals surface area (Å²) >= 11 is 0. The van der Waals surface area contributed by atoms with E-state index in [1.807, 2.05) is 0 Å². The van der Waals surface area contributed by atoms with Crippen molar-refractivity contribution in [2.45, 2.75) is 6.42 Å². The lowest BCUT2D eigenvalue weighted by atomic mass is 10.1. The maximum Gasteiger partial charge on any atom is 0.251 e. The number of amides is 1. The van der Waals surface area contributed by atoms with Gasteiger partial charge in [0.05, 0.1) is 26.0 Å². The van der Waals surface area contributed by atoms with Crippen LogP contribution in [0.15, 0.2) is 18.2 Å². The Balaban J connectivity index is 2.27.